The van der Waals surface area contributed by atoms with Crippen LogP contribution in [0.4, 0.5) is 18.9 Å². The minimum absolute atomic E-state index is 0.0759. The number of anilines is 1. The zero-order valence-corrected chi connectivity index (χ0v) is 18.4. The molecule has 33 heavy (non-hydrogen) atoms. The standard InChI is InChI=1S/C22H16ClF3N2O4S/c23-13-5-1-3-12-4-2-6-16(20(12)13)33-11-19(31)32-10-18(30)27-9-17(29)28-15-8-7-14(24)21(25)22(15)26/h1-8H,9-11H2,(H,27,30)(H,28,29). The Morgan fingerprint density at radius 3 is 2.42 bits per heavy atom. The first-order valence-electron chi connectivity index (χ1n) is 9.42. The lowest BCUT2D eigenvalue weighted by molar-refractivity contribution is -0.146. The monoisotopic (exact) mass is 496 g/mol. The Labute approximate surface area is 195 Å². The fourth-order valence-electron chi connectivity index (χ4n) is 2.75. The highest BCUT2D eigenvalue weighted by Gasteiger charge is 2.16. The maximum absolute atomic E-state index is 13.6. The van der Waals surface area contributed by atoms with E-state index in [0.717, 1.165) is 21.7 Å². The molecule has 3 aromatic carbocycles. The maximum Gasteiger partial charge on any atom is 0.316 e. The molecule has 6 nitrogen and oxygen atoms in total. The van der Waals surface area contributed by atoms with E-state index in [-0.39, 0.29) is 5.75 Å². The molecular weight excluding hydrogens is 481 g/mol. The number of esters is 1. The molecule has 3 rings (SSSR count). The Balaban J connectivity index is 1.42. The van der Waals surface area contributed by atoms with Crippen molar-refractivity contribution in [3.05, 3.63) is 71.0 Å². The number of carbonyl (C=O) groups is 3. The molecular formula is C22H16ClF3N2O4S. The van der Waals surface area contributed by atoms with E-state index in [0.29, 0.717) is 11.1 Å². The predicted octanol–water partition coefficient (Wildman–Crippen LogP) is 4.30. The Kier molecular flexibility index (Phi) is 8.18. The fraction of sp³-hybridized carbons (Fsp3) is 0.136. The molecule has 3 aromatic rings. The predicted molar refractivity (Wildman–Crippen MR) is 119 cm³/mol. The van der Waals surface area contributed by atoms with Crippen molar-refractivity contribution in [3.8, 4) is 0 Å². The summed E-state index contributed by atoms with van der Waals surface area (Å²) in [6, 6.07) is 12.5. The molecule has 0 aliphatic heterocycles. The van der Waals surface area contributed by atoms with Crippen LogP contribution in [0.2, 0.25) is 5.02 Å². The molecule has 0 unspecified atom stereocenters. The first kappa shape index (κ1) is 24.4. The zero-order chi connectivity index (χ0) is 24.0. The van der Waals surface area contributed by atoms with Gasteiger partial charge in [0.2, 0.25) is 5.91 Å². The molecule has 0 heterocycles. The number of thioether (sulfide) groups is 1. The molecule has 172 valence electrons. The molecule has 0 aliphatic rings. The molecule has 0 saturated carbocycles. The van der Waals surface area contributed by atoms with E-state index in [1.54, 1.807) is 6.07 Å². The average Bonchev–Trinajstić information content (AvgIpc) is 2.80. The summed E-state index contributed by atoms with van der Waals surface area (Å²) in [5.74, 6) is -7.09. The fourth-order valence-corrected chi connectivity index (χ4v) is 4.00. The highest BCUT2D eigenvalue weighted by Crippen LogP contribution is 2.33. The van der Waals surface area contributed by atoms with Crippen LogP contribution < -0.4 is 10.6 Å². The summed E-state index contributed by atoms with van der Waals surface area (Å²) >= 11 is 7.44. The first-order valence-corrected chi connectivity index (χ1v) is 10.8. The van der Waals surface area contributed by atoms with Crippen LogP contribution in [-0.4, -0.2) is 36.7 Å². The van der Waals surface area contributed by atoms with Gasteiger partial charge in [0.15, 0.2) is 24.1 Å². The van der Waals surface area contributed by atoms with Crippen molar-refractivity contribution >= 4 is 57.6 Å². The lowest BCUT2D eigenvalue weighted by Crippen LogP contribution is -2.35. The number of nitrogens with one attached hydrogen (secondary N) is 2. The summed E-state index contributed by atoms with van der Waals surface area (Å²) < 4.78 is 44.5. The van der Waals surface area contributed by atoms with E-state index in [4.69, 9.17) is 16.3 Å². The average molecular weight is 497 g/mol. The summed E-state index contributed by atoms with van der Waals surface area (Å²) in [5, 5.41) is 6.44. The Morgan fingerprint density at radius 2 is 1.67 bits per heavy atom. The van der Waals surface area contributed by atoms with Gasteiger partial charge in [0.25, 0.3) is 5.91 Å². The van der Waals surface area contributed by atoms with Gasteiger partial charge < -0.3 is 15.4 Å². The molecule has 2 amide bonds. The second-order valence-corrected chi connectivity index (χ2v) is 8.02. The van der Waals surface area contributed by atoms with Crippen molar-refractivity contribution < 1.29 is 32.3 Å². The van der Waals surface area contributed by atoms with Gasteiger partial charge in [0, 0.05) is 15.3 Å². The Morgan fingerprint density at radius 1 is 0.939 bits per heavy atom. The lowest BCUT2D eigenvalue weighted by atomic mass is 10.1. The molecule has 0 aromatic heterocycles. The van der Waals surface area contributed by atoms with Gasteiger partial charge >= 0.3 is 5.97 Å². The van der Waals surface area contributed by atoms with Crippen LogP contribution in [0.25, 0.3) is 10.8 Å². The summed E-state index contributed by atoms with van der Waals surface area (Å²) in [4.78, 5) is 36.3. The van der Waals surface area contributed by atoms with Crippen LogP contribution in [0.1, 0.15) is 0 Å². The van der Waals surface area contributed by atoms with Crippen molar-refractivity contribution in [1.82, 2.24) is 5.32 Å². The highest BCUT2D eigenvalue weighted by atomic mass is 35.5. The van der Waals surface area contributed by atoms with E-state index in [9.17, 15) is 27.6 Å². The Hall–Kier alpha value is -3.24. The number of rotatable bonds is 8. The van der Waals surface area contributed by atoms with Gasteiger partial charge in [-0.05, 0) is 29.7 Å². The number of carbonyl (C=O) groups excluding carboxylic acids is 3. The molecule has 0 fully saturated rings. The third-order valence-corrected chi connectivity index (χ3v) is 5.63. The Bertz CT molecular complexity index is 1220. The number of ether oxygens (including phenoxy) is 1. The third kappa shape index (κ3) is 6.39. The number of halogens is 4. The van der Waals surface area contributed by atoms with Gasteiger partial charge in [0.1, 0.15) is 0 Å². The molecule has 0 atom stereocenters. The van der Waals surface area contributed by atoms with Gasteiger partial charge in [0.05, 0.1) is 18.0 Å². The van der Waals surface area contributed by atoms with Crippen molar-refractivity contribution in [2.75, 3.05) is 24.2 Å². The van der Waals surface area contributed by atoms with E-state index < -0.39 is 54.1 Å². The van der Waals surface area contributed by atoms with Crippen molar-refractivity contribution in [2.24, 2.45) is 0 Å². The minimum Gasteiger partial charge on any atom is -0.455 e. The lowest BCUT2D eigenvalue weighted by Gasteiger charge is -2.09. The van der Waals surface area contributed by atoms with Crippen LogP contribution in [0.3, 0.4) is 0 Å². The van der Waals surface area contributed by atoms with E-state index in [1.807, 2.05) is 35.6 Å². The number of hydrogen-bond donors (Lipinski definition) is 2. The molecule has 11 heteroatoms. The van der Waals surface area contributed by atoms with Crippen LogP contribution in [0.15, 0.2) is 53.4 Å². The smallest absolute Gasteiger partial charge is 0.316 e. The molecule has 0 aliphatic carbocycles. The van der Waals surface area contributed by atoms with E-state index in [1.165, 1.54) is 11.8 Å². The summed E-state index contributed by atoms with van der Waals surface area (Å²) in [6.07, 6.45) is 0. The van der Waals surface area contributed by atoms with Gasteiger partial charge in [-0.15, -0.1) is 11.8 Å². The largest absolute Gasteiger partial charge is 0.455 e. The highest BCUT2D eigenvalue weighted by molar-refractivity contribution is 8.00. The number of amides is 2. The first-order chi connectivity index (χ1) is 15.8. The number of fused-ring (bicyclic) bond motifs is 1. The second kappa shape index (κ2) is 11.1. The molecule has 2 N–H and O–H groups in total. The molecule has 0 radical (unpaired) electrons. The van der Waals surface area contributed by atoms with Gasteiger partial charge in [-0.25, -0.2) is 13.2 Å². The van der Waals surface area contributed by atoms with Crippen molar-refractivity contribution in [1.29, 1.82) is 0 Å². The SMILES string of the molecule is O=C(COC(=O)CSc1cccc2cccc(Cl)c12)NCC(=O)Nc1ccc(F)c(F)c1F. The van der Waals surface area contributed by atoms with Gasteiger partial charge in [-0.2, -0.15) is 0 Å². The van der Waals surface area contributed by atoms with Gasteiger partial charge in [-0.3, -0.25) is 14.4 Å². The summed E-state index contributed by atoms with van der Waals surface area (Å²) in [6.45, 7) is -1.24. The van der Waals surface area contributed by atoms with Crippen molar-refractivity contribution in [3.63, 3.8) is 0 Å². The van der Waals surface area contributed by atoms with E-state index in [2.05, 4.69) is 5.32 Å². The molecule has 0 saturated heterocycles. The third-order valence-electron chi connectivity index (χ3n) is 4.28. The van der Waals surface area contributed by atoms with Crippen LogP contribution in [0.5, 0.6) is 0 Å². The summed E-state index contributed by atoms with van der Waals surface area (Å²) in [7, 11) is 0. The van der Waals surface area contributed by atoms with Gasteiger partial charge in [-0.1, -0.05) is 35.9 Å². The van der Waals surface area contributed by atoms with E-state index >= 15 is 0 Å². The van der Waals surface area contributed by atoms with Crippen LogP contribution in [-0.2, 0) is 19.1 Å². The van der Waals surface area contributed by atoms with Crippen molar-refractivity contribution in [2.45, 2.75) is 4.90 Å². The van der Waals surface area contributed by atoms with Crippen LogP contribution >= 0.6 is 23.4 Å². The van der Waals surface area contributed by atoms with Crippen LogP contribution in [0, 0.1) is 17.5 Å². The zero-order valence-electron chi connectivity index (χ0n) is 16.8. The number of hydrogen-bond acceptors (Lipinski definition) is 5. The maximum atomic E-state index is 13.6. The normalized spacial score (nSPS) is 10.7. The minimum atomic E-state index is -1.73. The quantitative estimate of drug-likeness (QED) is 0.276. The molecule has 0 bridgehead atoms. The number of benzene rings is 3. The topological polar surface area (TPSA) is 84.5 Å². The second-order valence-electron chi connectivity index (χ2n) is 6.59. The summed E-state index contributed by atoms with van der Waals surface area (Å²) in [5.41, 5.74) is -0.579. The molecule has 0 spiro atoms.